The van der Waals surface area contributed by atoms with E-state index in [-0.39, 0.29) is 29.2 Å². The first-order valence-electron chi connectivity index (χ1n) is 7.91. The van der Waals surface area contributed by atoms with E-state index in [9.17, 15) is 14.7 Å². The molecule has 0 radical (unpaired) electrons. The number of amides is 1. The maximum atomic E-state index is 12.0. The van der Waals surface area contributed by atoms with Crippen molar-refractivity contribution in [2.45, 2.75) is 66.0 Å². The van der Waals surface area contributed by atoms with Gasteiger partial charge in [-0.15, -0.1) is 0 Å². The second kappa shape index (κ2) is 7.25. The Balaban J connectivity index is 2.54. The molecular formula is C16H30N2O3. The van der Waals surface area contributed by atoms with E-state index < -0.39 is 5.97 Å². The third-order valence-electron chi connectivity index (χ3n) is 4.99. The molecule has 3 unspecified atom stereocenters. The van der Waals surface area contributed by atoms with Gasteiger partial charge in [-0.3, -0.25) is 9.59 Å². The van der Waals surface area contributed by atoms with Crippen molar-refractivity contribution in [3.05, 3.63) is 0 Å². The monoisotopic (exact) mass is 298 g/mol. The van der Waals surface area contributed by atoms with Crippen LogP contribution < -0.4 is 10.6 Å². The summed E-state index contributed by atoms with van der Waals surface area (Å²) in [5.41, 5.74) is -0.307. The summed E-state index contributed by atoms with van der Waals surface area (Å²) >= 11 is 0. The Morgan fingerprint density at radius 1 is 1.29 bits per heavy atom. The molecule has 21 heavy (non-hydrogen) atoms. The Labute approximate surface area is 127 Å². The summed E-state index contributed by atoms with van der Waals surface area (Å²) in [7, 11) is 0. The molecule has 1 fully saturated rings. The normalized spacial score (nSPS) is 28.4. The Kier molecular flexibility index (Phi) is 6.20. The van der Waals surface area contributed by atoms with E-state index in [4.69, 9.17) is 0 Å². The first-order chi connectivity index (χ1) is 9.66. The van der Waals surface area contributed by atoms with Crippen LogP contribution in [-0.4, -0.2) is 35.6 Å². The van der Waals surface area contributed by atoms with Gasteiger partial charge in [0.05, 0.1) is 5.92 Å². The highest BCUT2D eigenvalue weighted by Gasteiger charge is 2.46. The van der Waals surface area contributed by atoms with Gasteiger partial charge in [-0.05, 0) is 24.2 Å². The zero-order chi connectivity index (χ0) is 16.2. The van der Waals surface area contributed by atoms with Gasteiger partial charge < -0.3 is 15.7 Å². The molecule has 1 aliphatic rings. The zero-order valence-corrected chi connectivity index (χ0v) is 13.9. The number of carboxylic acids is 1. The molecule has 0 heterocycles. The predicted octanol–water partition coefficient (Wildman–Crippen LogP) is 2.02. The predicted molar refractivity (Wildman–Crippen MR) is 83.0 cm³/mol. The van der Waals surface area contributed by atoms with Gasteiger partial charge in [-0.25, -0.2) is 0 Å². The van der Waals surface area contributed by atoms with Crippen LogP contribution in [0.15, 0.2) is 0 Å². The molecule has 1 rings (SSSR count). The Hall–Kier alpha value is -1.10. The summed E-state index contributed by atoms with van der Waals surface area (Å²) in [5.74, 6) is -0.861. The average Bonchev–Trinajstić information content (AvgIpc) is 2.34. The molecule has 3 N–H and O–H groups in total. The molecule has 0 aliphatic heterocycles. The van der Waals surface area contributed by atoms with Crippen LogP contribution in [0.3, 0.4) is 0 Å². The van der Waals surface area contributed by atoms with E-state index in [1.165, 1.54) is 0 Å². The van der Waals surface area contributed by atoms with Gasteiger partial charge in [-0.1, -0.05) is 34.6 Å². The number of hydrogen-bond acceptors (Lipinski definition) is 3. The summed E-state index contributed by atoms with van der Waals surface area (Å²) in [4.78, 5) is 23.4. The highest BCUT2D eigenvalue weighted by atomic mass is 16.4. The number of rotatable bonds is 6. The lowest BCUT2D eigenvalue weighted by Gasteiger charge is -2.46. The number of nitrogens with one attached hydrogen (secondary N) is 2. The van der Waals surface area contributed by atoms with Crippen molar-refractivity contribution in [1.82, 2.24) is 10.6 Å². The average molecular weight is 298 g/mol. The van der Waals surface area contributed by atoms with Crippen molar-refractivity contribution in [2.24, 2.45) is 17.3 Å². The van der Waals surface area contributed by atoms with Crippen molar-refractivity contribution >= 4 is 11.9 Å². The van der Waals surface area contributed by atoms with E-state index in [1.807, 2.05) is 20.8 Å². The lowest BCUT2D eigenvalue weighted by atomic mass is 9.61. The fourth-order valence-electron chi connectivity index (χ4n) is 3.20. The molecule has 122 valence electrons. The topological polar surface area (TPSA) is 78.4 Å². The van der Waals surface area contributed by atoms with Crippen molar-refractivity contribution < 1.29 is 14.7 Å². The highest BCUT2D eigenvalue weighted by Crippen LogP contribution is 2.45. The molecule has 0 spiro atoms. The molecule has 0 bridgehead atoms. The van der Waals surface area contributed by atoms with Crippen molar-refractivity contribution in [2.75, 3.05) is 6.54 Å². The van der Waals surface area contributed by atoms with Crippen LogP contribution in [0.1, 0.15) is 53.9 Å². The zero-order valence-electron chi connectivity index (χ0n) is 13.9. The quantitative estimate of drug-likeness (QED) is 0.701. The minimum Gasteiger partial charge on any atom is -0.481 e. The highest BCUT2D eigenvalue weighted by molar-refractivity contribution is 5.76. The minimum atomic E-state index is -0.724. The SMILES string of the molecule is CC(C)NCCC(=O)NC1CCC(C(=O)O)C(C)(C)C1C. The summed E-state index contributed by atoms with van der Waals surface area (Å²) in [6.45, 7) is 10.8. The van der Waals surface area contributed by atoms with Crippen LogP contribution in [0.2, 0.25) is 0 Å². The Morgan fingerprint density at radius 2 is 1.90 bits per heavy atom. The molecule has 1 amide bonds. The third kappa shape index (κ3) is 4.70. The first kappa shape index (κ1) is 18.0. The molecular weight excluding hydrogens is 268 g/mol. The second-order valence-electron chi connectivity index (χ2n) is 7.11. The van der Waals surface area contributed by atoms with Crippen molar-refractivity contribution in [1.29, 1.82) is 0 Å². The summed E-state index contributed by atoms with van der Waals surface area (Å²) in [5, 5.41) is 15.6. The Morgan fingerprint density at radius 3 is 2.43 bits per heavy atom. The van der Waals surface area contributed by atoms with Crippen LogP contribution in [-0.2, 0) is 9.59 Å². The van der Waals surface area contributed by atoms with Crippen LogP contribution in [0, 0.1) is 17.3 Å². The number of aliphatic carboxylic acids is 1. The van der Waals surface area contributed by atoms with Gasteiger partial charge in [0.25, 0.3) is 0 Å². The first-order valence-corrected chi connectivity index (χ1v) is 7.91. The maximum Gasteiger partial charge on any atom is 0.307 e. The standard InChI is InChI=1S/C16H30N2O3/c1-10(2)17-9-8-14(19)18-13-7-6-12(15(20)21)16(4,5)11(13)3/h10-13,17H,6-9H2,1-5H3,(H,18,19)(H,20,21). The molecule has 1 aliphatic carbocycles. The van der Waals surface area contributed by atoms with Gasteiger partial charge >= 0.3 is 5.97 Å². The summed E-state index contributed by atoms with van der Waals surface area (Å²) in [6, 6.07) is 0.448. The summed E-state index contributed by atoms with van der Waals surface area (Å²) in [6.07, 6.45) is 1.83. The molecule has 0 aromatic rings. The minimum absolute atomic E-state index is 0.0459. The summed E-state index contributed by atoms with van der Waals surface area (Å²) < 4.78 is 0. The molecule has 3 atom stereocenters. The largest absolute Gasteiger partial charge is 0.481 e. The fraction of sp³-hybridized carbons (Fsp3) is 0.875. The molecule has 5 nitrogen and oxygen atoms in total. The van der Waals surface area contributed by atoms with Gasteiger partial charge in [0.15, 0.2) is 0 Å². The van der Waals surface area contributed by atoms with Crippen molar-refractivity contribution in [3.63, 3.8) is 0 Å². The fourth-order valence-corrected chi connectivity index (χ4v) is 3.20. The third-order valence-corrected chi connectivity index (χ3v) is 4.99. The van der Waals surface area contributed by atoms with Gasteiger partial charge in [0.2, 0.25) is 5.91 Å². The van der Waals surface area contributed by atoms with E-state index in [1.54, 1.807) is 0 Å². The molecule has 0 saturated heterocycles. The van der Waals surface area contributed by atoms with Gasteiger partial charge in [0, 0.05) is 25.0 Å². The number of carbonyl (C=O) groups is 2. The van der Waals surface area contributed by atoms with E-state index in [2.05, 4.69) is 24.5 Å². The van der Waals surface area contributed by atoms with Crippen molar-refractivity contribution in [3.8, 4) is 0 Å². The van der Waals surface area contributed by atoms with E-state index in [0.29, 0.717) is 25.4 Å². The van der Waals surface area contributed by atoms with Crippen LogP contribution >= 0.6 is 0 Å². The van der Waals surface area contributed by atoms with Crippen LogP contribution in [0.4, 0.5) is 0 Å². The maximum absolute atomic E-state index is 12.0. The van der Waals surface area contributed by atoms with E-state index >= 15 is 0 Å². The molecule has 0 aromatic carbocycles. The lowest BCUT2D eigenvalue weighted by Crippen LogP contribution is -2.52. The number of hydrogen-bond donors (Lipinski definition) is 3. The molecule has 1 saturated carbocycles. The smallest absolute Gasteiger partial charge is 0.307 e. The number of carboxylic acid groups (broad SMARTS) is 1. The lowest BCUT2D eigenvalue weighted by molar-refractivity contribution is -0.150. The van der Waals surface area contributed by atoms with E-state index in [0.717, 1.165) is 6.42 Å². The van der Waals surface area contributed by atoms with Gasteiger partial charge in [0.1, 0.15) is 0 Å². The van der Waals surface area contributed by atoms with Gasteiger partial charge in [-0.2, -0.15) is 0 Å². The van der Waals surface area contributed by atoms with Crippen LogP contribution in [0.25, 0.3) is 0 Å². The Bertz CT molecular complexity index is 380. The second-order valence-corrected chi connectivity index (χ2v) is 7.11. The number of carbonyl (C=O) groups excluding carboxylic acids is 1. The molecule has 0 aromatic heterocycles. The van der Waals surface area contributed by atoms with Crippen LogP contribution in [0.5, 0.6) is 0 Å². The molecule has 5 heteroatoms.